The van der Waals surface area contributed by atoms with Gasteiger partial charge in [-0.25, -0.2) is 0 Å². The van der Waals surface area contributed by atoms with Gasteiger partial charge in [-0.2, -0.15) is 4.80 Å². The Morgan fingerprint density at radius 1 is 1.62 bits per heavy atom. The smallest absolute Gasteiger partial charge is 0.176 e. The molecular weight excluding hydrogens is 206 g/mol. The maximum absolute atomic E-state index is 5.51. The van der Waals surface area contributed by atoms with Crippen molar-refractivity contribution in [3.63, 3.8) is 0 Å². The molecule has 0 amide bonds. The summed E-state index contributed by atoms with van der Waals surface area (Å²) < 4.78 is 5.51. The van der Waals surface area contributed by atoms with E-state index in [-0.39, 0.29) is 0 Å². The molecule has 90 valence electrons. The first kappa shape index (κ1) is 11.5. The van der Waals surface area contributed by atoms with Crippen LogP contribution in [0.5, 0.6) is 0 Å². The fourth-order valence-electron chi connectivity index (χ4n) is 2.19. The minimum atomic E-state index is 0.379. The molecule has 1 aliphatic heterocycles. The predicted octanol–water partition coefficient (Wildman–Crippen LogP) is -0.233. The largest absolute Gasteiger partial charge is 0.381 e. The number of hydrogen-bond acceptors (Lipinski definition) is 5. The molecule has 1 aromatic heterocycles. The Balaban J connectivity index is 1.94. The van der Waals surface area contributed by atoms with Crippen LogP contribution < -0.4 is 5.32 Å². The second kappa shape index (κ2) is 5.36. The summed E-state index contributed by atoms with van der Waals surface area (Å²) in [6.45, 7) is 1.74. The minimum absolute atomic E-state index is 0.379. The second-order valence-electron chi connectivity index (χ2n) is 4.27. The molecule has 1 fully saturated rings. The van der Waals surface area contributed by atoms with Gasteiger partial charge >= 0.3 is 0 Å². The van der Waals surface area contributed by atoms with Crippen LogP contribution in [0.25, 0.3) is 0 Å². The third-order valence-corrected chi connectivity index (χ3v) is 3.09. The van der Waals surface area contributed by atoms with Crippen molar-refractivity contribution in [2.75, 3.05) is 20.3 Å². The van der Waals surface area contributed by atoms with E-state index in [1.165, 1.54) is 11.2 Å². The van der Waals surface area contributed by atoms with Crippen molar-refractivity contribution in [1.29, 1.82) is 0 Å². The quantitative estimate of drug-likeness (QED) is 0.766. The normalized spacial score (nSPS) is 23.2. The van der Waals surface area contributed by atoms with Crippen molar-refractivity contribution in [1.82, 2.24) is 25.5 Å². The van der Waals surface area contributed by atoms with E-state index in [1.54, 1.807) is 7.05 Å². The molecule has 0 aromatic carbocycles. The molecule has 0 aliphatic carbocycles. The highest BCUT2D eigenvalue weighted by atomic mass is 16.5. The Kier molecular flexibility index (Phi) is 3.84. The van der Waals surface area contributed by atoms with Crippen molar-refractivity contribution in [2.24, 2.45) is 13.0 Å². The molecule has 0 radical (unpaired) electrons. The molecule has 1 N–H and O–H groups in total. The summed E-state index contributed by atoms with van der Waals surface area (Å²) in [5.74, 6) is 1.36. The molecule has 2 rings (SSSR count). The third-order valence-electron chi connectivity index (χ3n) is 3.09. The standard InChI is InChI=1S/C10H19N5O/c1-11-9(8-4-3-5-16-7-8)6-10-12-14-15(2)13-10/h8-9,11H,3-7H2,1-2H3. The molecule has 2 heterocycles. The predicted molar refractivity (Wildman–Crippen MR) is 58.9 cm³/mol. The van der Waals surface area contributed by atoms with Gasteiger partial charge in [0.15, 0.2) is 5.82 Å². The summed E-state index contributed by atoms with van der Waals surface area (Å²) in [6, 6.07) is 0.379. The van der Waals surface area contributed by atoms with Crippen molar-refractivity contribution in [3.05, 3.63) is 5.82 Å². The lowest BCUT2D eigenvalue weighted by Crippen LogP contribution is -2.40. The highest BCUT2D eigenvalue weighted by Gasteiger charge is 2.24. The Bertz CT molecular complexity index is 321. The lowest BCUT2D eigenvalue weighted by Gasteiger charge is -2.29. The van der Waals surface area contributed by atoms with Crippen LogP contribution in [0.1, 0.15) is 18.7 Å². The highest BCUT2D eigenvalue weighted by molar-refractivity contribution is 4.88. The van der Waals surface area contributed by atoms with Gasteiger partial charge in [-0.15, -0.1) is 10.2 Å². The Labute approximate surface area is 95.4 Å². The van der Waals surface area contributed by atoms with E-state index >= 15 is 0 Å². The molecule has 1 saturated heterocycles. The summed E-state index contributed by atoms with van der Waals surface area (Å²) in [6.07, 6.45) is 3.18. The molecule has 1 aliphatic rings. The summed E-state index contributed by atoms with van der Waals surface area (Å²) in [5.41, 5.74) is 0. The summed E-state index contributed by atoms with van der Waals surface area (Å²) in [5, 5.41) is 15.4. The highest BCUT2D eigenvalue weighted by Crippen LogP contribution is 2.19. The van der Waals surface area contributed by atoms with Crippen molar-refractivity contribution in [3.8, 4) is 0 Å². The number of aromatic nitrogens is 4. The van der Waals surface area contributed by atoms with E-state index in [0.29, 0.717) is 12.0 Å². The molecule has 6 nitrogen and oxygen atoms in total. The van der Waals surface area contributed by atoms with Gasteiger partial charge in [0, 0.05) is 19.1 Å². The van der Waals surface area contributed by atoms with Crippen LogP contribution in [0.3, 0.4) is 0 Å². The molecule has 2 atom stereocenters. The molecule has 0 saturated carbocycles. The number of hydrogen-bond donors (Lipinski definition) is 1. The summed E-state index contributed by atoms with van der Waals surface area (Å²) in [7, 11) is 3.77. The minimum Gasteiger partial charge on any atom is -0.381 e. The second-order valence-corrected chi connectivity index (χ2v) is 4.27. The number of likely N-dealkylation sites (N-methyl/N-ethyl adjacent to an activating group) is 1. The van der Waals surface area contributed by atoms with Gasteiger partial charge in [-0.1, -0.05) is 0 Å². The van der Waals surface area contributed by atoms with E-state index in [9.17, 15) is 0 Å². The number of aryl methyl sites for hydroxylation is 1. The Morgan fingerprint density at radius 2 is 2.50 bits per heavy atom. The number of ether oxygens (including phenoxy) is 1. The van der Waals surface area contributed by atoms with Crippen LogP contribution >= 0.6 is 0 Å². The van der Waals surface area contributed by atoms with E-state index in [2.05, 4.69) is 20.7 Å². The monoisotopic (exact) mass is 225 g/mol. The Morgan fingerprint density at radius 3 is 3.06 bits per heavy atom. The van der Waals surface area contributed by atoms with Crippen molar-refractivity contribution >= 4 is 0 Å². The fraction of sp³-hybridized carbons (Fsp3) is 0.900. The molecular formula is C10H19N5O. The van der Waals surface area contributed by atoms with Gasteiger partial charge in [0.1, 0.15) is 0 Å². The number of nitrogens with one attached hydrogen (secondary N) is 1. The van der Waals surface area contributed by atoms with Gasteiger partial charge < -0.3 is 10.1 Å². The summed E-state index contributed by atoms with van der Waals surface area (Å²) >= 11 is 0. The van der Waals surface area contributed by atoms with E-state index in [0.717, 1.165) is 31.9 Å². The van der Waals surface area contributed by atoms with Crippen LogP contribution in [-0.4, -0.2) is 46.5 Å². The lowest BCUT2D eigenvalue weighted by atomic mass is 9.91. The van der Waals surface area contributed by atoms with Crippen LogP contribution in [0.4, 0.5) is 0 Å². The zero-order valence-electron chi connectivity index (χ0n) is 9.89. The first-order valence-electron chi connectivity index (χ1n) is 5.77. The third kappa shape index (κ3) is 2.76. The van der Waals surface area contributed by atoms with Crippen LogP contribution in [0, 0.1) is 5.92 Å². The average Bonchev–Trinajstić information content (AvgIpc) is 2.73. The average molecular weight is 225 g/mol. The van der Waals surface area contributed by atoms with Crippen LogP contribution in [0.15, 0.2) is 0 Å². The van der Waals surface area contributed by atoms with E-state index in [4.69, 9.17) is 4.74 Å². The molecule has 2 unspecified atom stereocenters. The summed E-state index contributed by atoms with van der Waals surface area (Å²) in [4.78, 5) is 1.50. The van der Waals surface area contributed by atoms with Gasteiger partial charge in [-0.05, 0) is 31.0 Å². The molecule has 16 heavy (non-hydrogen) atoms. The van der Waals surface area contributed by atoms with Crippen LogP contribution in [-0.2, 0) is 18.2 Å². The molecule has 0 spiro atoms. The molecule has 0 bridgehead atoms. The fourth-order valence-corrected chi connectivity index (χ4v) is 2.19. The van der Waals surface area contributed by atoms with Crippen molar-refractivity contribution < 1.29 is 4.74 Å². The van der Waals surface area contributed by atoms with Crippen LogP contribution in [0.2, 0.25) is 0 Å². The topological polar surface area (TPSA) is 64.9 Å². The maximum Gasteiger partial charge on any atom is 0.176 e. The number of rotatable bonds is 4. The van der Waals surface area contributed by atoms with E-state index in [1.807, 2.05) is 7.05 Å². The first-order valence-corrected chi connectivity index (χ1v) is 5.77. The Hall–Kier alpha value is -1.01. The van der Waals surface area contributed by atoms with Gasteiger partial charge in [0.25, 0.3) is 0 Å². The maximum atomic E-state index is 5.51. The molecule has 1 aromatic rings. The molecule has 6 heteroatoms. The number of tetrazole rings is 1. The number of nitrogens with zero attached hydrogens (tertiary/aromatic N) is 4. The van der Waals surface area contributed by atoms with Gasteiger partial charge in [-0.3, -0.25) is 0 Å². The zero-order chi connectivity index (χ0) is 11.4. The lowest BCUT2D eigenvalue weighted by molar-refractivity contribution is 0.0402. The first-order chi connectivity index (χ1) is 7.79. The van der Waals surface area contributed by atoms with Gasteiger partial charge in [0.2, 0.25) is 0 Å². The zero-order valence-corrected chi connectivity index (χ0v) is 9.89. The van der Waals surface area contributed by atoms with Gasteiger partial charge in [0.05, 0.1) is 13.7 Å². The SMILES string of the molecule is CNC(Cc1nnn(C)n1)C1CCCOC1. The van der Waals surface area contributed by atoms with Crippen molar-refractivity contribution in [2.45, 2.75) is 25.3 Å². The van der Waals surface area contributed by atoms with E-state index < -0.39 is 0 Å².